The third-order valence-corrected chi connectivity index (χ3v) is 4.47. The lowest BCUT2D eigenvalue weighted by molar-refractivity contribution is -0.197. The lowest BCUT2D eigenvalue weighted by Crippen LogP contribution is -2.42. The topological polar surface area (TPSA) is 30.5 Å². The highest BCUT2D eigenvalue weighted by molar-refractivity contribution is 6.30. The van der Waals surface area contributed by atoms with Crippen molar-refractivity contribution in [2.24, 2.45) is 5.92 Å². The fourth-order valence-corrected chi connectivity index (χ4v) is 3.12. The summed E-state index contributed by atoms with van der Waals surface area (Å²) in [6.45, 7) is 4.82. The zero-order chi connectivity index (χ0) is 13.3. The van der Waals surface area contributed by atoms with E-state index in [2.05, 4.69) is 12.2 Å². The van der Waals surface area contributed by atoms with Gasteiger partial charge in [0.05, 0.1) is 6.61 Å². The molecule has 1 aromatic carbocycles. The van der Waals surface area contributed by atoms with Crippen molar-refractivity contribution in [3.63, 3.8) is 0 Å². The molecule has 3 rings (SSSR count). The van der Waals surface area contributed by atoms with Crippen molar-refractivity contribution in [3.8, 4) is 0 Å². The first kappa shape index (κ1) is 16.1. The first-order valence-corrected chi connectivity index (χ1v) is 7.33. The van der Waals surface area contributed by atoms with E-state index in [9.17, 15) is 0 Å². The van der Waals surface area contributed by atoms with Gasteiger partial charge in [-0.1, -0.05) is 23.7 Å². The SMILES string of the molecule is CC1(C2CCNCC2)OCC(c2ccc(Cl)cc2)O1.Cl. The van der Waals surface area contributed by atoms with Crippen LogP contribution in [0.25, 0.3) is 0 Å². The van der Waals surface area contributed by atoms with Gasteiger partial charge in [0.2, 0.25) is 0 Å². The molecule has 2 saturated heterocycles. The van der Waals surface area contributed by atoms with Gasteiger partial charge in [-0.15, -0.1) is 12.4 Å². The summed E-state index contributed by atoms with van der Waals surface area (Å²) >= 11 is 5.92. The number of ether oxygens (including phenoxy) is 2. The number of piperidine rings is 1. The van der Waals surface area contributed by atoms with Gasteiger partial charge in [-0.05, 0) is 50.6 Å². The average molecular weight is 318 g/mol. The van der Waals surface area contributed by atoms with Crippen molar-refractivity contribution < 1.29 is 9.47 Å². The highest BCUT2D eigenvalue weighted by atomic mass is 35.5. The molecule has 0 amide bonds. The summed E-state index contributed by atoms with van der Waals surface area (Å²) in [5.41, 5.74) is 1.14. The Balaban J connectivity index is 0.00000147. The molecule has 20 heavy (non-hydrogen) atoms. The highest BCUT2D eigenvalue weighted by Gasteiger charge is 2.44. The van der Waals surface area contributed by atoms with Crippen LogP contribution in [0.15, 0.2) is 24.3 Å². The van der Waals surface area contributed by atoms with Gasteiger partial charge in [-0.25, -0.2) is 0 Å². The highest BCUT2D eigenvalue weighted by Crippen LogP contribution is 2.41. The molecule has 2 atom stereocenters. The van der Waals surface area contributed by atoms with Gasteiger partial charge in [-0.3, -0.25) is 0 Å². The van der Waals surface area contributed by atoms with Crippen molar-refractivity contribution in [2.45, 2.75) is 31.7 Å². The fourth-order valence-electron chi connectivity index (χ4n) is 2.99. The summed E-state index contributed by atoms with van der Waals surface area (Å²) in [6.07, 6.45) is 2.25. The van der Waals surface area contributed by atoms with Crippen LogP contribution in [0.1, 0.15) is 31.4 Å². The van der Waals surface area contributed by atoms with Crippen LogP contribution >= 0.6 is 24.0 Å². The monoisotopic (exact) mass is 317 g/mol. The molecule has 0 spiro atoms. The molecule has 0 aromatic heterocycles. The van der Waals surface area contributed by atoms with Crippen LogP contribution in [0, 0.1) is 5.92 Å². The van der Waals surface area contributed by atoms with Crippen LogP contribution < -0.4 is 5.32 Å². The van der Waals surface area contributed by atoms with Crippen molar-refractivity contribution in [2.75, 3.05) is 19.7 Å². The Bertz CT molecular complexity index is 434. The van der Waals surface area contributed by atoms with E-state index in [0.29, 0.717) is 12.5 Å². The Hall–Kier alpha value is -0.320. The zero-order valence-electron chi connectivity index (χ0n) is 11.6. The Morgan fingerprint density at radius 1 is 1.20 bits per heavy atom. The van der Waals surface area contributed by atoms with Gasteiger partial charge in [-0.2, -0.15) is 0 Å². The minimum Gasteiger partial charge on any atom is -0.347 e. The molecule has 0 aliphatic carbocycles. The van der Waals surface area contributed by atoms with E-state index in [1.807, 2.05) is 24.3 Å². The second-order valence-corrected chi connectivity index (χ2v) is 5.95. The van der Waals surface area contributed by atoms with Crippen LogP contribution in [-0.4, -0.2) is 25.5 Å². The number of benzene rings is 1. The predicted molar refractivity (Wildman–Crippen MR) is 82.5 cm³/mol. The molecular weight excluding hydrogens is 297 g/mol. The number of halogens is 2. The zero-order valence-corrected chi connectivity index (χ0v) is 13.2. The minimum atomic E-state index is -0.438. The summed E-state index contributed by atoms with van der Waals surface area (Å²) in [5, 5.41) is 4.13. The summed E-state index contributed by atoms with van der Waals surface area (Å²) in [7, 11) is 0. The van der Waals surface area contributed by atoms with E-state index in [0.717, 1.165) is 36.5 Å². The maximum Gasteiger partial charge on any atom is 0.169 e. The van der Waals surface area contributed by atoms with Gasteiger partial charge in [0.25, 0.3) is 0 Å². The predicted octanol–water partition coefficient (Wildman–Crippen LogP) is 3.57. The van der Waals surface area contributed by atoms with E-state index in [4.69, 9.17) is 21.1 Å². The molecule has 2 aliphatic rings. The van der Waals surface area contributed by atoms with Gasteiger partial charge in [0.1, 0.15) is 6.10 Å². The van der Waals surface area contributed by atoms with Gasteiger partial charge in [0.15, 0.2) is 5.79 Å². The first-order chi connectivity index (χ1) is 9.17. The van der Waals surface area contributed by atoms with E-state index in [1.54, 1.807) is 0 Å². The molecule has 2 unspecified atom stereocenters. The van der Waals surface area contributed by atoms with Crippen LogP contribution in [0.3, 0.4) is 0 Å². The minimum absolute atomic E-state index is 0. The lowest BCUT2D eigenvalue weighted by Gasteiger charge is -2.35. The van der Waals surface area contributed by atoms with E-state index >= 15 is 0 Å². The summed E-state index contributed by atoms with van der Waals surface area (Å²) < 4.78 is 12.2. The van der Waals surface area contributed by atoms with Gasteiger partial charge in [0, 0.05) is 10.9 Å². The molecular formula is C15H21Cl2NO2. The molecule has 112 valence electrons. The molecule has 2 aliphatic heterocycles. The number of hydrogen-bond acceptors (Lipinski definition) is 3. The number of nitrogens with one attached hydrogen (secondary N) is 1. The van der Waals surface area contributed by atoms with Crippen LogP contribution in [-0.2, 0) is 9.47 Å². The van der Waals surface area contributed by atoms with Gasteiger partial charge < -0.3 is 14.8 Å². The molecule has 0 radical (unpaired) electrons. The summed E-state index contributed by atoms with van der Waals surface area (Å²) in [6, 6.07) is 7.84. The standard InChI is InChI=1S/C15H20ClNO2.ClH/c1-15(12-6-8-17-9-7-12)18-10-14(19-15)11-2-4-13(16)5-3-11;/h2-5,12,14,17H,6-10H2,1H3;1H. The van der Waals surface area contributed by atoms with Crippen molar-refractivity contribution >= 4 is 24.0 Å². The molecule has 2 heterocycles. The van der Waals surface area contributed by atoms with Crippen LogP contribution in [0.5, 0.6) is 0 Å². The van der Waals surface area contributed by atoms with Crippen LogP contribution in [0.2, 0.25) is 5.02 Å². The summed E-state index contributed by atoms with van der Waals surface area (Å²) in [4.78, 5) is 0. The lowest BCUT2D eigenvalue weighted by atomic mass is 9.90. The largest absolute Gasteiger partial charge is 0.347 e. The van der Waals surface area contributed by atoms with Crippen LogP contribution in [0.4, 0.5) is 0 Å². The third-order valence-electron chi connectivity index (χ3n) is 4.22. The Kier molecular flexibility index (Phi) is 5.32. The summed E-state index contributed by atoms with van der Waals surface area (Å²) in [5.74, 6) is 0.0397. The first-order valence-electron chi connectivity index (χ1n) is 6.95. The van der Waals surface area contributed by atoms with E-state index in [-0.39, 0.29) is 18.5 Å². The Morgan fingerprint density at radius 2 is 1.85 bits per heavy atom. The number of hydrogen-bond donors (Lipinski definition) is 1. The third kappa shape index (κ3) is 3.29. The molecule has 5 heteroatoms. The molecule has 1 N–H and O–H groups in total. The van der Waals surface area contributed by atoms with Crippen molar-refractivity contribution in [1.29, 1.82) is 0 Å². The molecule has 3 nitrogen and oxygen atoms in total. The quantitative estimate of drug-likeness (QED) is 0.904. The maximum atomic E-state index is 6.22. The smallest absolute Gasteiger partial charge is 0.169 e. The fraction of sp³-hybridized carbons (Fsp3) is 0.600. The molecule has 0 saturated carbocycles. The van der Waals surface area contributed by atoms with Gasteiger partial charge >= 0.3 is 0 Å². The maximum absolute atomic E-state index is 6.22. The van der Waals surface area contributed by atoms with E-state index in [1.165, 1.54) is 0 Å². The second-order valence-electron chi connectivity index (χ2n) is 5.51. The number of rotatable bonds is 2. The second kappa shape index (κ2) is 6.63. The normalized spacial score (nSPS) is 31.0. The van der Waals surface area contributed by atoms with Crippen molar-refractivity contribution in [3.05, 3.63) is 34.9 Å². The van der Waals surface area contributed by atoms with Crippen molar-refractivity contribution in [1.82, 2.24) is 5.32 Å². The van der Waals surface area contributed by atoms with E-state index < -0.39 is 5.79 Å². The Morgan fingerprint density at radius 3 is 2.50 bits per heavy atom. The Labute approximate surface area is 131 Å². The average Bonchev–Trinajstić information content (AvgIpc) is 2.85. The molecule has 0 bridgehead atoms. The molecule has 2 fully saturated rings. The molecule has 1 aromatic rings.